The van der Waals surface area contributed by atoms with Crippen LogP contribution >= 0.6 is 0 Å². The molecule has 2 heterocycles. The number of aryl methyl sites for hydroxylation is 2. The molecule has 6 nitrogen and oxygen atoms in total. The number of nitrogens with one attached hydrogen (secondary N) is 1. The average Bonchev–Trinajstić information content (AvgIpc) is 3.55. The minimum Gasteiger partial charge on any atom is -0.456 e. The van der Waals surface area contributed by atoms with Gasteiger partial charge in [0.25, 0.3) is 5.91 Å². The number of para-hydroxylation sites is 1. The number of hydrogen-bond acceptors (Lipinski definition) is 5. The van der Waals surface area contributed by atoms with E-state index in [-0.39, 0.29) is 17.5 Å². The van der Waals surface area contributed by atoms with Gasteiger partial charge in [0.05, 0.1) is 11.4 Å². The number of amides is 1. The maximum Gasteiger partial charge on any atom is 0.291 e. The number of benzene rings is 2. The molecule has 1 amide bonds. The SMILES string of the molecule is Cc1ccc(C(=O)Nc2cc(C(=O)CC3CC3)ccc2N2CCN(c3ccccc3C)CC2)o1. The molecule has 1 aliphatic carbocycles. The molecule has 5 rings (SSSR count). The molecule has 1 aromatic heterocycles. The molecule has 0 spiro atoms. The van der Waals surface area contributed by atoms with E-state index in [0.29, 0.717) is 29.3 Å². The molecule has 6 heteroatoms. The Balaban J connectivity index is 1.37. The predicted molar refractivity (Wildman–Crippen MR) is 135 cm³/mol. The van der Waals surface area contributed by atoms with Crippen molar-refractivity contribution in [3.05, 3.63) is 77.2 Å². The zero-order chi connectivity index (χ0) is 23.7. The van der Waals surface area contributed by atoms with E-state index in [9.17, 15) is 9.59 Å². The third-order valence-corrected chi connectivity index (χ3v) is 6.78. The van der Waals surface area contributed by atoms with Gasteiger partial charge >= 0.3 is 0 Å². The molecule has 0 radical (unpaired) electrons. The Morgan fingerprint density at radius 1 is 0.912 bits per heavy atom. The van der Waals surface area contributed by atoms with Crippen LogP contribution < -0.4 is 15.1 Å². The van der Waals surface area contributed by atoms with E-state index in [1.807, 2.05) is 25.1 Å². The molecular formula is C28H31N3O3. The summed E-state index contributed by atoms with van der Waals surface area (Å²) in [6.45, 7) is 7.38. The fraction of sp³-hybridized carbons (Fsp3) is 0.357. The van der Waals surface area contributed by atoms with Gasteiger partial charge in [0.2, 0.25) is 0 Å². The molecule has 0 atom stereocenters. The second-order valence-corrected chi connectivity index (χ2v) is 9.43. The Hall–Kier alpha value is -3.54. The quantitative estimate of drug-likeness (QED) is 0.478. The first-order valence-corrected chi connectivity index (χ1v) is 12.1. The first-order chi connectivity index (χ1) is 16.5. The van der Waals surface area contributed by atoms with Crippen molar-refractivity contribution in [3.8, 4) is 0 Å². The van der Waals surface area contributed by atoms with E-state index in [1.165, 1.54) is 11.3 Å². The van der Waals surface area contributed by atoms with Gasteiger partial charge in [-0.3, -0.25) is 9.59 Å². The van der Waals surface area contributed by atoms with Crippen molar-refractivity contribution in [2.24, 2.45) is 5.92 Å². The number of carbonyl (C=O) groups excluding carboxylic acids is 2. The van der Waals surface area contributed by atoms with E-state index >= 15 is 0 Å². The van der Waals surface area contributed by atoms with Gasteiger partial charge in [-0.15, -0.1) is 0 Å². The summed E-state index contributed by atoms with van der Waals surface area (Å²) < 4.78 is 5.52. The van der Waals surface area contributed by atoms with Crippen LogP contribution in [-0.2, 0) is 0 Å². The number of piperazine rings is 1. The molecule has 1 aliphatic heterocycles. The molecule has 1 saturated carbocycles. The molecule has 2 aliphatic rings. The lowest BCUT2D eigenvalue weighted by molar-refractivity contribution is 0.0972. The zero-order valence-electron chi connectivity index (χ0n) is 19.8. The van der Waals surface area contributed by atoms with Crippen LogP contribution in [0.2, 0.25) is 0 Å². The Kier molecular flexibility index (Phi) is 6.14. The standard InChI is InChI=1S/C28H31N3O3/c1-19-5-3-4-6-24(19)30-13-15-31(16-14-30)25-11-10-22(26(32)17-21-8-9-21)18-23(25)29-28(33)27-12-7-20(2)34-27/h3-7,10-12,18,21H,8-9,13-17H2,1-2H3,(H,29,33). The molecule has 2 fully saturated rings. The van der Waals surface area contributed by atoms with E-state index < -0.39 is 0 Å². The first kappa shape index (κ1) is 22.3. The highest BCUT2D eigenvalue weighted by Crippen LogP contribution is 2.35. The number of Topliss-reactive ketones (excluding diaryl/α,β-unsaturated/α-hetero) is 1. The van der Waals surface area contributed by atoms with Crippen LogP contribution in [0.15, 0.2) is 59.0 Å². The van der Waals surface area contributed by atoms with Gasteiger partial charge in [-0.1, -0.05) is 18.2 Å². The molecule has 1 saturated heterocycles. The second-order valence-electron chi connectivity index (χ2n) is 9.43. The Morgan fingerprint density at radius 3 is 2.26 bits per heavy atom. The number of furan rings is 1. The van der Waals surface area contributed by atoms with Crippen LogP contribution in [0.5, 0.6) is 0 Å². The van der Waals surface area contributed by atoms with Gasteiger partial charge in [-0.2, -0.15) is 0 Å². The first-order valence-electron chi connectivity index (χ1n) is 12.1. The molecule has 176 valence electrons. The Labute approximate surface area is 200 Å². The van der Waals surface area contributed by atoms with Gasteiger partial charge in [0.15, 0.2) is 11.5 Å². The molecule has 0 unspecified atom stereocenters. The highest BCUT2D eigenvalue weighted by Gasteiger charge is 2.26. The van der Waals surface area contributed by atoms with Crippen molar-refractivity contribution >= 4 is 28.8 Å². The van der Waals surface area contributed by atoms with E-state index in [1.54, 1.807) is 12.1 Å². The number of hydrogen-bond donors (Lipinski definition) is 1. The normalized spacial score (nSPS) is 15.9. The fourth-order valence-electron chi connectivity index (χ4n) is 4.63. The Morgan fingerprint density at radius 2 is 1.62 bits per heavy atom. The van der Waals surface area contributed by atoms with E-state index in [2.05, 4.69) is 46.3 Å². The van der Waals surface area contributed by atoms with Crippen molar-refractivity contribution in [1.29, 1.82) is 0 Å². The second kappa shape index (κ2) is 9.37. The lowest BCUT2D eigenvalue weighted by Crippen LogP contribution is -2.47. The van der Waals surface area contributed by atoms with E-state index in [4.69, 9.17) is 4.42 Å². The summed E-state index contributed by atoms with van der Waals surface area (Å²) in [6, 6.07) is 17.6. The summed E-state index contributed by atoms with van der Waals surface area (Å²) in [4.78, 5) is 30.4. The van der Waals surface area contributed by atoms with Crippen molar-refractivity contribution in [1.82, 2.24) is 0 Å². The van der Waals surface area contributed by atoms with Gasteiger partial charge in [0, 0.05) is 43.9 Å². The minimum atomic E-state index is -0.306. The topological polar surface area (TPSA) is 65.8 Å². The maximum atomic E-state index is 12.9. The highest BCUT2D eigenvalue weighted by atomic mass is 16.3. The summed E-state index contributed by atoms with van der Waals surface area (Å²) in [5.41, 5.74) is 4.79. The van der Waals surface area contributed by atoms with Crippen LogP contribution in [0.4, 0.5) is 17.1 Å². The predicted octanol–water partition coefficient (Wildman–Crippen LogP) is 5.46. The van der Waals surface area contributed by atoms with Gasteiger partial charge in [0.1, 0.15) is 5.76 Å². The molecular weight excluding hydrogens is 426 g/mol. The maximum absolute atomic E-state index is 12.9. The van der Waals surface area contributed by atoms with Crippen molar-refractivity contribution in [2.45, 2.75) is 33.1 Å². The molecule has 1 N–H and O–H groups in total. The molecule has 0 bridgehead atoms. The summed E-state index contributed by atoms with van der Waals surface area (Å²) in [5, 5.41) is 3.01. The third kappa shape index (κ3) is 4.86. The summed E-state index contributed by atoms with van der Waals surface area (Å²) >= 11 is 0. The smallest absolute Gasteiger partial charge is 0.291 e. The average molecular weight is 458 g/mol. The molecule has 3 aromatic rings. The van der Waals surface area contributed by atoms with Crippen LogP contribution in [-0.4, -0.2) is 37.9 Å². The van der Waals surface area contributed by atoms with Crippen molar-refractivity contribution in [2.75, 3.05) is 41.3 Å². The summed E-state index contributed by atoms with van der Waals surface area (Å²) in [7, 11) is 0. The highest BCUT2D eigenvalue weighted by molar-refractivity contribution is 6.06. The number of anilines is 3. The molecule has 34 heavy (non-hydrogen) atoms. The van der Waals surface area contributed by atoms with Crippen LogP contribution in [0.3, 0.4) is 0 Å². The Bertz CT molecular complexity index is 1200. The van der Waals surface area contributed by atoms with Crippen molar-refractivity contribution in [3.63, 3.8) is 0 Å². The summed E-state index contributed by atoms with van der Waals surface area (Å²) in [5.74, 6) is 1.31. The number of ketones is 1. The third-order valence-electron chi connectivity index (χ3n) is 6.78. The molecule has 2 aromatic carbocycles. The van der Waals surface area contributed by atoms with Crippen LogP contribution in [0, 0.1) is 19.8 Å². The lowest BCUT2D eigenvalue weighted by atomic mass is 10.0. The minimum absolute atomic E-state index is 0.141. The van der Waals surface area contributed by atoms with Crippen LogP contribution in [0.1, 0.15) is 51.5 Å². The monoisotopic (exact) mass is 457 g/mol. The largest absolute Gasteiger partial charge is 0.456 e. The summed E-state index contributed by atoms with van der Waals surface area (Å²) in [6.07, 6.45) is 2.85. The lowest BCUT2D eigenvalue weighted by Gasteiger charge is -2.38. The van der Waals surface area contributed by atoms with Gasteiger partial charge in [-0.25, -0.2) is 0 Å². The van der Waals surface area contributed by atoms with Gasteiger partial charge < -0.3 is 19.5 Å². The number of carbonyl (C=O) groups is 2. The number of rotatable bonds is 7. The number of nitrogens with zero attached hydrogens (tertiary/aromatic N) is 2. The van der Waals surface area contributed by atoms with E-state index in [0.717, 1.165) is 44.7 Å². The van der Waals surface area contributed by atoms with Gasteiger partial charge in [-0.05, 0) is 74.6 Å². The fourth-order valence-corrected chi connectivity index (χ4v) is 4.63. The zero-order valence-corrected chi connectivity index (χ0v) is 19.8. The van der Waals surface area contributed by atoms with Crippen LogP contribution in [0.25, 0.3) is 0 Å². The van der Waals surface area contributed by atoms with Crippen molar-refractivity contribution < 1.29 is 14.0 Å².